The van der Waals surface area contributed by atoms with Gasteiger partial charge in [-0.3, -0.25) is 0 Å². The van der Waals surface area contributed by atoms with E-state index in [4.69, 9.17) is 0 Å². The van der Waals surface area contributed by atoms with Crippen LogP contribution in [0.25, 0.3) is 5.57 Å². The van der Waals surface area contributed by atoms with Crippen molar-refractivity contribution >= 4 is 21.5 Å². The highest BCUT2D eigenvalue weighted by molar-refractivity contribution is 9.10. The quantitative estimate of drug-likeness (QED) is 0.781. The molecular weight excluding hydrogens is 247 g/mol. The molecule has 2 nitrogen and oxygen atoms in total. The average Bonchev–Trinajstić information content (AvgIpc) is 2.23. The van der Waals surface area contributed by atoms with Crippen LogP contribution < -0.4 is 5.32 Å². The first-order valence-corrected chi connectivity index (χ1v) is 5.29. The lowest BCUT2D eigenvalue weighted by atomic mass is 10.1. The van der Waals surface area contributed by atoms with Crippen molar-refractivity contribution in [3.05, 3.63) is 34.3 Å². The fraction of sp³-hybridized carbons (Fsp3) is 0.300. The van der Waals surface area contributed by atoms with Crippen LogP contribution in [0, 0.1) is 5.82 Å². The summed E-state index contributed by atoms with van der Waals surface area (Å²) < 4.78 is 14.1. The summed E-state index contributed by atoms with van der Waals surface area (Å²) in [7, 11) is 0. The van der Waals surface area contributed by atoms with Gasteiger partial charge in [0.15, 0.2) is 0 Å². The van der Waals surface area contributed by atoms with Crippen LogP contribution in [-0.4, -0.2) is 18.1 Å². The van der Waals surface area contributed by atoms with Crippen LogP contribution in [0.15, 0.2) is 22.8 Å². The molecule has 0 atom stereocenters. The Balaban J connectivity index is 2.39. The van der Waals surface area contributed by atoms with E-state index in [2.05, 4.69) is 26.2 Å². The van der Waals surface area contributed by atoms with E-state index >= 15 is 0 Å². The summed E-state index contributed by atoms with van der Waals surface area (Å²) in [6.45, 7) is 1.68. The molecule has 1 aliphatic rings. The predicted molar refractivity (Wildman–Crippen MR) is 57.4 cm³/mol. The highest BCUT2D eigenvalue weighted by Crippen LogP contribution is 2.22. The van der Waals surface area contributed by atoms with Gasteiger partial charge in [0.1, 0.15) is 16.1 Å². The van der Waals surface area contributed by atoms with Crippen molar-refractivity contribution in [3.63, 3.8) is 0 Å². The number of pyridine rings is 1. The van der Waals surface area contributed by atoms with E-state index in [9.17, 15) is 4.39 Å². The summed E-state index contributed by atoms with van der Waals surface area (Å²) in [4.78, 5) is 4.14. The molecule has 74 valence electrons. The molecule has 4 heteroatoms. The van der Waals surface area contributed by atoms with Crippen LogP contribution in [0.2, 0.25) is 0 Å². The molecule has 1 aliphatic heterocycles. The van der Waals surface area contributed by atoms with Gasteiger partial charge in [-0.2, -0.15) is 0 Å². The number of hydrogen-bond acceptors (Lipinski definition) is 2. The molecule has 0 aromatic carbocycles. The number of rotatable bonds is 1. The Kier molecular flexibility index (Phi) is 2.93. The second-order valence-electron chi connectivity index (χ2n) is 3.15. The summed E-state index contributed by atoms with van der Waals surface area (Å²) >= 11 is 3.24. The monoisotopic (exact) mass is 256 g/mol. The van der Waals surface area contributed by atoms with Gasteiger partial charge in [-0.05, 0) is 46.6 Å². The van der Waals surface area contributed by atoms with Gasteiger partial charge in [-0.25, -0.2) is 9.37 Å². The Hall–Kier alpha value is -0.740. The fourth-order valence-electron chi connectivity index (χ4n) is 1.48. The van der Waals surface area contributed by atoms with Crippen LogP contribution in [0.4, 0.5) is 4.39 Å². The zero-order valence-corrected chi connectivity index (χ0v) is 9.14. The van der Waals surface area contributed by atoms with E-state index in [-0.39, 0.29) is 5.82 Å². The van der Waals surface area contributed by atoms with Crippen molar-refractivity contribution in [2.75, 3.05) is 13.1 Å². The highest BCUT2D eigenvalue weighted by Gasteiger charge is 2.12. The minimum absolute atomic E-state index is 0.249. The lowest BCUT2D eigenvalue weighted by Gasteiger charge is -2.13. The van der Waals surface area contributed by atoms with Crippen LogP contribution >= 0.6 is 15.9 Å². The molecule has 1 aromatic heterocycles. The summed E-state index contributed by atoms with van der Waals surface area (Å²) in [6.07, 6.45) is 2.82. The maximum atomic E-state index is 13.4. The maximum absolute atomic E-state index is 13.4. The Morgan fingerprint density at radius 2 is 2.29 bits per heavy atom. The Bertz CT molecular complexity index is 376. The zero-order chi connectivity index (χ0) is 9.97. The van der Waals surface area contributed by atoms with Crippen molar-refractivity contribution in [2.24, 2.45) is 0 Å². The van der Waals surface area contributed by atoms with E-state index < -0.39 is 0 Å². The molecule has 0 saturated heterocycles. The fourth-order valence-corrected chi connectivity index (χ4v) is 1.79. The summed E-state index contributed by atoms with van der Waals surface area (Å²) in [5.74, 6) is -0.249. The van der Waals surface area contributed by atoms with Gasteiger partial charge >= 0.3 is 0 Å². The molecule has 2 heterocycles. The first-order valence-electron chi connectivity index (χ1n) is 4.49. The second kappa shape index (κ2) is 4.19. The van der Waals surface area contributed by atoms with Gasteiger partial charge in [-0.1, -0.05) is 6.08 Å². The smallest absolute Gasteiger partial charge is 0.149 e. The van der Waals surface area contributed by atoms with E-state index in [1.165, 1.54) is 6.07 Å². The van der Waals surface area contributed by atoms with Crippen molar-refractivity contribution in [2.45, 2.75) is 6.42 Å². The van der Waals surface area contributed by atoms with Crippen molar-refractivity contribution in [1.29, 1.82) is 0 Å². The molecule has 0 spiro atoms. The summed E-state index contributed by atoms with van der Waals surface area (Å²) in [6, 6.07) is 3.05. The number of nitrogens with one attached hydrogen (secondary N) is 1. The largest absolute Gasteiger partial charge is 0.313 e. The summed E-state index contributed by atoms with van der Waals surface area (Å²) in [5, 5.41) is 3.18. The normalized spacial score (nSPS) is 16.6. The van der Waals surface area contributed by atoms with E-state index in [1.807, 2.05) is 6.08 Å². The second-order valence-corrected chi connectivity index (χ2v) is 3.96. The SMILES string of the molecule is Fc1ccc(Br)nc1C1=CCNCC1. The highest BCUT2D eigenvalue weighted by atomic mass is 79.9. The van der Waals surface area contributed by atoms with E-state index in [1.54, 1.807) is 6.07 Å². The molecular formula is C10H10BrFN2. The molecule has 14 heavy (non-hydrogen) atoms. The zero-order valence-electron chi connectivity index (χ0n) is 7.56. The first-order chi connectivity index (χ1) is 6.77. The van der Waals surface area contributed by atoms with Crippen LogP contribution in [0.3, 0.4) is 0 Å². The molecule has 0 unspecified atom stereocenters. The van der Waals surface area contributed by atoms with E-state index in [0.717, 1.165) is 25.1 Å². The third-order valence-electron chi connectivity index (χ3n) is 2.18. The van der Waals surface area contributed by atoms with Crippen LogP contribution in [0.5, 0.6) is 0 Å². The molecule has 0 fully saturated rings. The van der Waals surface area contributed by atoms with Crippen molar-refractivity contribution in [1.82, 2.24) is 10.3 Å². The van der Waals surface area contributed by atoms with Gasteiger partial charge in [-0.15, -0.1) is 0 Å². The van der Waals surface area contributed by atoms with Crippen molar-refractivity contribution in [3.8, 4) is 0 Å². The Morgan fingerprint density at radius 3 is 3.00 bits per heavy atom. The molecule has 0 saturated carbocycles. The summed E-state index contributed by atoms with van der Waals surface area (Å²) in [5.41, 5.74) is 1.46. The maximum Gasteiger partial charge on any atom is 0.149 e. The minimum atomic E-state index is -0.249. The Morgan fingerprint density at radius 1 is 1.43 bits per heavy atom. The third-order valence-corrected chi connectivity index (χ3v) is 2.62. The third kappa shape index (κ3) is 2.01. The average molecular weight is 257 g/mol. The van der Waals surface area contributed by atoms with Crippen LogP contribution in [-0.2, 0) is 0 Å². The van der Waals surface area contributed by atoms with Gasteiger partial charge in [0.2, 0.25) is 0 Å². The molecule has 1 aromatic rings. The van der Waals surface area contributed by atoms with Gasteiger partial charge < -0.3 is 5.32 Å². The molecule has 0 radical (unpaired) electrons. The van der Waals surface area contributed by atoms with Crippen molar-refractivity contribution < 1.29 is 4.39 Å². The number of halogens is 2. The number of nitrogens with zero attached hydrogens (tertiary/aromatic N) is 1. The van der Waals surface area contributed by atoms with Crippen LogP contribution in [0.1, 0.15) is 12.1 Å². The van der Waals surface area contributed by atoms with E-state index in [0.29, 0.717) is 10.3 Å². The minimum Gasteiger partial charge on any atom is -0.313 e. The Labute approximate surface area is 90.4 Å². The van der Waals surface area contributed by atoms with Gasteiger partial charge in [0.05, 0.1) is 0 Å². The first kappa shape index (κ1) is 9.80. The molecule has 1 N–H and O–H groups in total. The van der Waals surface area contributed by atoms with Gasteiger partial charge in [0, 0.05) is 6.54 Å². The molecule has 0 amide bonds. The van der Waals surface area contributed by atoms with Gasteiger partial charge in [0.25, 0.3) is 0 Å². The number of hydrogen-bond donors (Lipinski definition) is 1. The topological polar surface area (TPSA) is 24.9 Å². The lowest BCUT2D eigenvalue weighted by molar-refractivity contribution is 0.612. The lowest BCUT2D eigenvalue weighted by Crippen LogP contribution is -2.20. The predicted octanol–water partition coefficient (Wildman–Crippen LogP) is 2.36. The molecule has 0 bridgehead atoms. The molecule has 2 rings (SSSR count). The standard InChI is InChI=1S/C10H10BrFN2/c11-9-2-1-8(12)10(14-9)7-3-5-13-6-4-7/h1-3,13H,4-6H2. The molecule has 0 aliphatic carbocycles. The number of aromatic nitrogens is 1.